The van der Waals surface area contributed by atoms with E-state index in [9.17, 15) is 4.79 Å². The number of hydrogen-bond donors (Lipinski definition) is 1. The summed E-state index contributed by atoms with van der Waals surface area (Å²) in [5, 5.41) is 0. The van der Waals surface area contributed by atoms with Crippen LogP contribution in [0.3, 0.4) is 0 Å². The van der Waals surface area contributed by atoms with Crippen LogP contribution in [0.15, 0.2) is 24.8 Å². The quantitative estimate of drug-likeness (QED) is 0.841. The standard InChI is InChI=1S/C13H15N3O2/c1-2-18-13(17)12-10(5-6-15-12)11-7-14-8-16(11)9-3-4-9/h5-9,15H,2-4H2,1H3. The highest BCUT2D eigenvalue weighted by Crippen LogP contribution is 2.38. The van der Waals surface area contributed by atoms with Crippen LogP contribution < -0.4 is 0 Å². The number of H-pyrrole nitrogens is 1. The molecule has 0 aromatic carbocycles. The predicted molar refractivity (Wildman–Crippen MR) is 66.2 cm³/mol. The third kappa shape index (κ3) is 1.81. The summed E-state index contributed by atoms with van der Waals surface area (Å²) in [5.41, 5.74) is 2.33. The van der Waals surface area contributed by atoms with Crippen molar-refractivity contribution in [2.24, 2.45) is 0 Å². The molecule has 1 saturated carbocycles. The van der Waals surface area contributed by atoms with Crippen LogP contribution in [0.25, 0.3) is 11.3 Å². The minimum Gasteiger partial charge on any atom is -0.461 e. The summed E-state index contributed by atoms with van der Waals surface area (Å²) in [6, 6.07) is 2.43. The summed E-state index contributed by atoms with van der Waals surface area (Å²) in [6.07, 6.45) is 7.75. The molecule has 2 aromatic heterocycles. The van der Waals surface area contributed by atoms with Crippen molar-refractivity contribution in [1.29, 1.82) is 0 Å². The minimum absolute atomic E-state index is 0.318. The average molecular weight is 245 g/mol. The number of carbonyl (C=O) groups is 1. The number of rotatable bonds is 4. The summed E-state index contributed by atoms with van der Waals surface area (Å²) >= 11 is 0. The monoisotopic (exact) mass is 245 g/mol. The highest BCUT2D eigenvalue weighted by Gasteiger charge is 2.27. The molecular formula is C13H15N3O2. The Balaban J connectivity index is 1.98. The first kappa shape index (κ1) is 11.1. The maximum absolute atomic E-state index is 11.8. The van der Waals surface area contributed by atoms with Gasteiger partial charge in [-0.2, -0.15) is 0 Å². The van der Waals surface area contributed by atoms with E-state index in [1.54, 1.807) is 19.3 Å². The molecule has 1 N–H and O–H groups in total. The summed E-state index contributed by atoms with van der Waals surface area (Å²) < 4.78 is 7.17. The zero-order valence-corrected chi connectivity index (χ0v) is 10.2. The lowest BCUT2D eigenvalue weighted by molar-refractivity contribution is 0.0521. The van der Waals surface area contributed by atoms with Crippen LogP contribution in [-0.2, 0) is 4.74 Å². The van der Waals surface area contributed by atoms with Crippen LogP contribution >= 0.6 is 0 Å². The van der Waals surface area contributed by atoms with Crippen molar-refractivity contribution < 1.29 is 9.53 Å². The van der Waals surface area contributed by atoms with Gasteiger partial charge in [-0.3, -0.25) is 0 Å². The molecule has 0 saturated heterocycles. The Bertz CT molecular complexity index is 566. The molecule has 1 aliphatic rings. The molecule has 0 spiro atoms. The van der Waals surface area contributed by atoms with E-state index in [1.807, 2.05) is 12.4 Å². The van der Waals surface area contributed by atoms with Crippen molar-refractivity contribution in [1.82, 2.24) is 14.5 Å². The van der Waals surface area contributed by atoms with Crippen molar-refractivity contribution in [2.45, 2.75) is 25.8 Å². The first-order chi connectivity index (χ1) is 8.81. The molecule has 0 aliphatic heterocycles. The topological polar surface area (TPSA) is 59.9 Å². The predicted octanol–water partition coefficient (Wildman–Crippen LogP) is 2.39. The third-order valence-corrected chi connectivity index (χ3v) is 3.11. The number of imidazole rings is 1. The molecule has 3 rings (SSSR count). The van der Waals surface area contributed by atoms with E-state index in [0.29, 0.717) is 18.3 Å². The van der Waals surface area contributed by atoms with E-state index in [4.69, 9.17) is 4.74 Å². The Morgan fingerprint density at radius 3 is 3.17 bits per heavy atom. The summed E-state index contributed by atoms with van der Waals surface area (Å²) in [5.74, 6) is -0.318. The van der Waals surface area contributed by atoms with Gasteiger partial charge >= 0.3 is 5.97 Å². The highest BCUT2D eigenvalue weighted by atomic mass is 16.5. The van der Waals surface area contributed by atoms with E-state index >= 15 is 0 Å². The van der Waals surface area contributed by atoms with Crippen LogP contribution in [0.2, 0.25) is 0 Å². The molecule has 0 atom stereocenters. The highest BCUT2D eigenvalue weighted by molar-refractivity contribution is 5.95. The first-order valence-corrected chi connectivity index (χ1v) is 6.18. The third-order valence-electron chi connectivity index (χ3n) is 3.11. The van der Waals surface area contributed by atoms with E-state index in [2.05, 4.69) is 14.5 Å². The van der Waals surface area contributed by atoms with Crippen molar-refractivity contribution in [2.75, 3.05) is 6.61 Å². The normalized spacial score (nSPS) is 14.7. The SMILES string of the molecule is CCOC(=O)c1[nH]ccc1-c1cncn1C1CC1. The van der Waals surface area contributed by atoms with Crippen LogP contribution in [-0.4, -0.2) is 27.1 Å². The number of nitrogens with zero attached hydrogens (tertiary/aromatic N) is 2. The Labute approximate surface area is 105 Å². The fourth-order valence-corrected chi connectivity index (χ4v) is 2.11. The molecule has 1 aliphatic carbocycles. The van der Waals surface area contributed by atoms with Gasteiger partial charge in [0.1, 0.15) is 5.69 Å². The Hall–Kier alpha value is -2.04. The number of ether oxygens (including phenoxy) is 1. The van der Waals surface area contributed by atoms with Gasteiger partial charge in [0.15, 0.2) is 0 Å². The van der Waals surface area contributed by atoms with Gasteiger partial charge in [0.25, 0.3) is 0 Å². The zero-order valence-electron chi connectivity index (χ0n) is 10.2. The van der Waals surface area contributed by atoms with Crippen molar-refractivity contribution in [3.05, 3.63) is 30.5 Å². The minimum atomic E-state index is -0.318. The lowest BCUT2D eigenvalue weighted by atomic mass is 10.2. The number of hydrogen-bond acceptors (Lipinski definition) is 3. The molecule has 0 amide bonds. The number of carbonyl (C=O) groups excluding carboxylic acids is 1. The second-order valence-electron chi connectivity index (χ2n) is 4.40. The average Bonchev–Trinajstić information content (AvgIpc) is 2.93. The van der Waals surface area contributed by atoms with E-state index in [0.717, 1.165) is 11.3 Å². The van der Waals surface area contributed by atoms with Crippen molar-refractivity contribution in [3.8, 4) is 11.3 Å². The van der Waals surface area contributed by atoms with Gasteiger partial charge in [0.2, 0.25) is 0 Å². The zero-order chi connectivity index (χ0) is 12.5. The van der Waals surface area contributed by atoms with Crippen molar-refractivity contribution in [3.63, 3.8) is 0 Å². The van der Waals surface area contributed by atoms with E-state index in [1.165, 1.54) is 12.8 Å². The Kier molecular flexibility index (Phi) is 2.66. The molecule has 2 aromatic rings. The molecule has 1 fully saturated rings. The van der Waals surface area contributed by atoms with E-state index in [-0.39, 0.29) is 5.97 Å². The maximum atomic E-state index is 11.8. The number of nitrogens with one attached hydrogen (secondary N) is 1. The molecule has 18 heavy (non-hydrogen) atoms. The maximum Gasteiger partial charge on any atom is 0.355 e. The summed E-state index contributed by atoms with van der Waals surface area (Å²) in [6.45, 7) is 2.17. The Morgan fingerprint density at radius 1 is 1.61 bits per heavy atom. The van der Waals surface area contributed by atoms with Crippen molar-refractivity contribution >= 4 is 5.97 Å². The van der Waals surface area contributed by atoms with Crippen LogP contribution in [0.1, 0.15) is 36.3 Å². The van der Waals surface area contributed by atoms with Gasteiger partial charge < -0.3 is 14.3 Å². The first-order valence-electron chi connectivity index (χ1n) is 6.18. The van der Waals surface area contributed by atoms with Crippen LogP contribution in [0.5, 0.6) is 0 Å². The molecule has 0 radical (unpaired) electrons. The second-order valence-corrected chi connectivity index (χ2v) is 4.40. The fourth-order valence-electron chi connectivity index (χ4n) is 2.11. The summed E-state index contributed by atoms with van der Waals surface area (Å²) in [7, 11) is 0. The molecule has 0 bridgehead atoms. The van der Waals surface area contributed by atoms with Crippen LogP contribution in [0, 0.1) is 0 Å². The lowest BCUT2D eigenvalue weighted by Crippen LogP contribution is -2.07. The molecule has 5 nitrogen and oxygen atoms in total. The van der Waals surface area contributed by atoms with Gasteiger partial charge in [0.05, 0.1) is 24.8 Å². The fraction of sp³-hybridized carbons (Fsp3) is 0.385. The van der Waals surface area contributed by atoms with Gasteiger partial charge in [-0.1, -0.05) is 0 Å². The van der Waals surface area contributed by atoms with Crippen LogP contribution in [0.4, 0.5) is 0 Å². The summed E-state index contributed by atoms with van der Waals surface area (Å²) in [4.78, 5) is 19.0. The van der Waals surface area contributed by atoms with Gasteiger partial charge in [-0.15, -0.1) is 0 Å². The molecular weight excluding hydrogens is 230 g/mol. The second kappa shape index (κ2) is 4.33. The number of esters is 1. The molecule has 0 unspecified atom stereocenters. The van der Waals surface area contributed by atoms with Gasteiger partial charge in [0, 0.05) is 17.8 Å². The number of aromatic amines is 1. The molecule has 94 valence electrons. The number of aromatic nitrogens is 3. The smallest absolute Gasteiger partial charge is 0.355 e. The molecule has 5 heteroatoms. The van der Waals surface area contributed by atoms with E-state index < -0.39 is 0 Å². The van der Waals surface area contributed by atoms with Gasteiger partial charge in [-0.05, 0) is 25.8 Å². The Morgan fingerprint density at radius 2 is 2.44 bits per heavy atom. The molecule has 2 heterocycles. The lowest BCUT2D eigenvalue weighted by Gasteiger charge is -2.07. The largest absolute Gasteiger partial charge is 0.461 e. The van der Waals surface area contributed by atoms with Gasteiger partial charge in [-0.25, -0.2) is 9.78 Å².